The lowest BCUT2D eigenvalue weighted by atomic mass is 10.00. The number of hydrogen-bond donors (Lipinski definition) is 1. The molecule has 0 amide bonds. The van der Waals surface area contributed by atoms with Gasteiger partial charge in [0, 0.05) is 12.0 Å². The number of nitrogens with zero attached hydrogens (tertiary/aromatic N) is 1. The van der Waals surface area contributed by atoms with Crippen LogP contribution < -0.4 is 4.74 Å². The predicted molar refractivity (Wildman–Crippen MR) is 76.1 cm³/mol. The molecule has 0 saturated heterocycles. The van der Waals surface area contributed by atoms with Crippen LogP contribution in [0.2, 0.25) is 0 Å². The minimum atomic E-state index is -0.228. The van der Waals surface area contributed by atoms with Crippen LogP contribution in [0.1, 0.15) is 23.7 Å². The van der Waals surface area contributed by atoms with Crippen molar-refractivity contribution in [1.29, 1.82) is 0 Å². The van der Waals surface area contributed by atoms with Crippen LogP contribution in [0.4, 0.5) is 0 Å². The molecule has 102 valence electrons. The van der Waals surface area contributed by atoms with Gasteiger partial charge in [0.15, 0.2) is 6.10 Å². The summed E-state index contributed by atoms with van der Waals surface area (Å²) in [6.45, 7) is 0. The predicted octanol–water partition coefficient (Wildman–Crippen LogP) is 3.27. The maximum atomic E-state index is 9.85. The van der Waals surface area contributed by atoms with E-state index < -0.39 is 0 Å². The number of methoxy groups -OCH3 is 1. The molecule has 1 atom stereocenters. The van der Waals surface area contributed by atoms with Crippen molar-refractivity contribution in [2.24, 2.45) is 5.16 Å². The second kappa shape index (κ2) is 5.25. The summed E-state index contributed by atoms with van der Waals surface area (Å²) in [4.78, 5) is 5.44. The Balaban J connectivity index is 1.77. The fourth-order valence-electron chi connectivity index (χ4n) is 2.26. The second-order valence-corrected chi connectivity index (χ2v) is 4.62. The summed E-state index contributed by atoms with van der Waals surface area (Å²) in [5.74, 6) is 1.05. The fourth-order valence-corrected chi connectivity index (χ4v) is 2.26. The third-order valence-corrected chi connectivity index (χ3v) is 3.38. The number of rotatable bonds is 3. The Labute approximate surface area is 117 Å². The van der Waals surface area contributed by atoms with Crippen LogP contribution in [0.3, 0.4) is 0 Å². The van der Waals surface area contributed by atoms with Gasteiger partial charge in [-0.3, -0.25) is 0 Å². The Bertz CT molecular complexity index is 634. The summed E-state index contributed by atoms with van der Waals surface area (Å²) >= 11 is 0. The largest absolute Gasteiger partial charge is 0.508 e. The van der Waals surface area contributed by atoms with Gasteiger partial charge < -0.3 is 14.7 Å². The topological polar surface area (TPSA) is 51.0 Å². The van der Waals surface area contributed by atoms with E-state index in [9.17, 15) is 5.11 Å². The molecule has 0 saturated carbocycles. The Morgan fingerprint density at radius 1 is 1.15 bits per heavy atom. The highest BCUT2D eigenvalue weighted by Gasteiger charge is 2.25. The Morgan fingerprint density at radius 3 is 2.60 bits per heavy atom. The number of hydrogen-bond acceptors (Lipinski definition) is 4. The Hall–Kier alpha value is -2.49. The lowest BCUT2D eigenvalue weighted by Crippen LogP contribution is -2.01. The van der Waals surface area contributed by atoms with Gasteiger partial charge in [-0.25, -0.2) is 0 Å². The highest BCUT2D eigenvalue weighted by Crippen LogP contribution is 2.34. The zero-order valence-electron chi connectivity index (χ0n) is 11.1. The number of aromatic hydroxyl groups is 1. The quantitative estimate of drug-likeness (QED) is 0.930. The Morgan fingerprint density at radius 2 is 1.90 bits per heavy atom. The standard InChI is InChI=1S/C16H15NO3/c1-19-12-8-6-11(7-9-12)14-10-16(20-17-14)13-4-2-3-5-15(13)18/h2-9,16,18H,10H2,1H3. The molecule has 0 aliphatic carbocycles. The second-order valence-electron chi connectivity index (χ2n) is 4.62. The molecular formula is C16H15NO3. The number of oxime groups is 1. The van der Waals surface area contributed by atoms with Crippen LogP contribution in [0.25, 0.3) is 0 Å². The first kappa shape index (κ1) is 12.5. The lowest BCUT2D eigenvalue weighted by molar-refractivity contribution is 0.0838. The monoisotopic (exact) mass is 269 g/mol. The minimum absolute atomic E-state index is 0.228. The van der Waals surface area contributed by atoms with Crippen LogP contribution in [0, 0.1) is 0 Å². The van der Waals surface area contributed by atoms with E-state index in [1.807, 2.05) is 36.4 Å². The van der Waals surface area contributed by atoms with Gasteiger partial charge in [0.05, 0.1) is 12.8 Å². The number of phenolic OH excluding ortho intramolecular Hbond substituents is 1. The van der Waals surface area contributed by atoms with E-state index in [2.05, 4.69) is 5.16 Å². The molecule has 0 bridgehead atoms. The first-order chi connectivity index (χ1) is 9.78. The molecule has 20 heavy (non-hydrogen) atoms. The van der Waals surface area contributed by atoms with Crippen LogP contribution in [0.15, 0.2) is 53.7 Å². The van der Waals surface area contributed by atoms with Gasteiger partial charge in [-0.2, -0.15) is 0 Å². The SMILES string of the molecule is COc1ccc(C2=NOC(c3ccccc3O)C2)cc1. The number of para-hydroxylation sites is 1. The molecule has 0 aromatic heterocycles. The van der Waals surface area contributed by atoms with Crippen LogP contribution >= 0.6 is 0 Å². The van der Waals surface area contributed by atoms with E-state index in [1.165, 1.54) is 0 Å². The van der Waals surface area contributed by atoms with Gasteiger partial charge in [-0.1, -0.05) is 23.4 Å². The molecule has 3 rings (SSSR count). The first-order valence-corrected chi connectivity index (χ1v) is 6.43. The van der Waals surface area contributed by atoms with E-state index in [0.717, 1.165) is 22.6 Å². The molecule has 1 heterocycles. The molecule has 4 heteroatoms. The minimum Gasteiger partial charge on any atom is -0.508 e. The van der Waals surface area contributed by atoms with Gasteiger partial charge in [-0.15, -0.1) is 0 Å². The molecule has 1 N–H and O–H groups in total. The summed E-state index contributed by atoms with van der Waals surface area (Å²) in [7, 11) is 1.64. The highest BCUT2D eigenvalue weighted by atomic mass is 16.6. The van der Waals surface area contributed by atoms with Crippen molar-refractivity contribution < 1.29 is 14.7 Å². The molecule has 4 nitrogen and oxygen atoms in total. The summed E-state index contributed by atoms with van der Waals surface area (Å²) < 4.78 is 5.13. The van der Waals surface area contributed by atoms with Crippen LogP contribution in [-0.2, 0) is 4.84 Å². The Kier molecular flexibility index (Phi) is 3.29. The van der Waals surface area contributed by atoms with Crippen molar-refractivity contribution in [3.05, 3.63) is 59.7 Å². The maximum absolute atomic E-state index is 9.85. The van der Waals surface area contributed by atoms with Crippen molar-refractivity contribution in [3.63, 3.8) is 0 Å². The van der Waals surface area contributed by atoms with Crippen molar-refractivity contribution in [1.82, 2.24) is 0 Å². The number of ether oxygens (including phenoxy) is 1. The molecule has 2 aromatic rings. The fraction of sp³-hybridized carbons (Fsp3) is 0.188. The van der Waals surface area contributed by atoms with Gasteiger partial charge in [0.2, 0.25) is 0 Å². The molecule has 1 aliphatic rings. The molecule has 0 fully saturated rings. The average Bonchev–Trinajstić information content (AvgIpc) is 2.97. The molecule has 1 aliphatic heterocycles. The van der Waals surface area contributed by atoms with E-state index in [1.54, 1.807) is 19.2 Å². The van der Waals surface area contributed by atoms with Crippen LogP contribution in [-0.4, -0.2) is 17.9 Å². The average molecular weight is 269 g/mol. The zero-order chi connectivity index (χ0) is 13.9. The summed E-state index contributed by atoms with van der Waals surface area (Å²) in [6.07, 6.45) is 0.414. The summed E-state index contributed by atoms with van der Waals surface area (Å²) in [5.41, 5.74) is 2.64. The van der Waals surface area contributed by atoms with Gasteiger partial charge in [0.1, 0.15) is 11.5 Å². The van der Waals surface area contributed by atoms with Gasteiger partial charge in [-0.05, 0) is 35.9 Å². The van der Waals surface area contributed by atoms with E-state index in [-0.39, 0.29) is 11.9 Å². The highest BCUT2D eigenvalue weighted by molar-refractivity contribution is 6.01. The first-order valence-electron chi connectivity index (χ1n) is 6.43. The van der Waals surface area contributed by atoms with E-state index in [4.69, 9.17) is 9.57 Å². The lowest BCUT2D eigenvalue weighted by Gasteiger charge is -2.09. The van der Waals surface area contributed by atoms with Gasteiger partial charge >= 0.3 is 0 Å². The number of phenols is 1. The molecule has 1 unspecified atom stereocenters. The third-order valence-electron chi connectivity index (χ3n) is 3.38. The van der Waals surface area contributed by atoms with Crippen molar-refractivity contribution >= 4 is 5.71 Å². The van der Waals surface area contributed by atoms with Gasteiger partial charge in [0.25, 0.3) is 0 Å². The van der Waals surface area contributed by atoms with Crippen molar-refractivity contribution in [2.75, 3.05) is 7.11 Å². The molecule has 2 aromatic carbocycles. The van der Waals surface area contributed by atoms with Crippen molar-refractivity contribution in [3.8, 4) is 11.5 Å². The smallest absolute Gasteiger partial charge is 0.161 e. The molecule has 0 spiro atoms. The maximum Gasteiger partial charge on any atom is 0.161 e. The molecular weight excluding hydrogens is 254 g/mol. The molecule has 0 radical (unpaired) electrons. The van der Waals surface area contributed by atoms with Crippen molar-refractivity contribution in [2.45, 2.75) is 12.5 Å². The van der Waals surface area contributed by atoms with Crippen LogP contribution in [0.5, 0.6) is 11.5 Å². The summed E-state index contributed by atoms with van der Waals surface area (Å²) in [6, 6.07) is 14.9. The number of benzene rings is 2. The van der Waals surface area contributed by atoms with E-state index >= 15 is 0 Å². The van der Waals surface area contributed by atoms with E-state index in [0.29, 0.717) is 6.42 Å². The normalized spacial score (nSPS) is 17.4. The zero-order valence-corrected chi connectivity index (χ0v) is 11.1. The summed E-state index contributed by atoms with van der Waals surface area (Å²) in [5, 5.41) is 14.0. The third kappa shape index (κ3) is 2.32.